The highest BCUT2D eigenvalue weighted by molar-refractivity contribution is 7.91. The SMILES string of the molecule is CCC1(CC)CC(NS(=O)(=O)c2ccc(CN)s2)CCO1. The molecule has 21 heavy (non-hydrogen) atoms. The number of rotatable bonds is 6. The van der Waals surface area contributed by atoms with Crippen LogP contribution in [0.3, 0.4) is 0 Å². The summed E-state index contributed by atoms with van der Waals surface area (Å²) in [6.07, 6.45) is 3.25. The molecule has 120 valence electrons. The highest BCUT2D eigenvalue weighted by Gasteiger charge is 2.36. The minimum absolute atomic E-state index is 0.0629. The molecule has 0 aliphatic carbocycles. The van der Waals surface area contributed by atoms with Crippen molar-refractivity contribution in [1.82, 2.24) is 4.72 Å². The summed E-state index contributed by atoms with van der Waals surface area (Å²) in [4.78, 5) is 0.874. The number of nitrogens with two attached hydrogens (primary N) is 1. The summed E-state index contributed by atoms with van der Waals surface area (Å²) in [6.45, 7) is 5.15. The minimum atomic E-state index is -3.46. The molecule has 7 heteroatoms. The molecule has 0 aromatic carbocycles. The van der Waals surface area contributed by atoms with Gasteiger partial charge in [-0.1, -0.05) is 13.8 Å². The van der Waals surface area contributed by atoms with E-state index in [0.717, 1.165) is 30.6 Å². The zero-order valence-corrected chi connectivity index (χ0v) is 14.2. The molecule has 1 aliphatic rings. The van der Waals surface area contributed by atoms with Gasteiger partial charge in [0.1, 0.15) is 4.21 Å². The van der Waals surface area contributed by atoms with E-state index < -0.39 is 10.0 Å². The fourth-order valence-electron chi connectivity index (χ4n) is 2.76. The van der Waals surface area contributed by atoms with Crippen LogP contribution in [0.25, 0.3) is 0 Å². The minimum Gasteiger partial charge on any atom is -0.375 e. The maximum Gasteiger partial charge on any atom is 0.250 e. The van der Waals surface area contributed by atoms with E-state index in [1.165, 1.54) is 11.3 Å². The van der Waals surface area contributed by atoms with E-state index >= 15 is 0 Å². The second-order valence-corrected chi connectivity index (χ2v) is 8.58. The molecular weight excluding hydrogens is 308 g/mol. The van der Waals surface area contributed by atoms with Crippen molar-refractivity contribution in [3.8, 4) is 0 Å². The first kappa shape index (κ1) is 16.9. The van der Waals surface area contributed by atoms with Crippen LogP contribution in [0.15, 0.2) is 16.3 Å². The number of nitrogens with one attached hydrogen (secondary N) is 1. The highest BCUT2D eigenvalue weighted by Crippen LogP contribution is 2.32. The molecule has 5 nitrogen and oxygen atoms in total. The molecule has 1 unspecified atom stereocenters. The molecule has 1 atom stereocenters. The summed E-state index contributed by atoms with van der Waals surface area (Å²) in [5.74, 6) is 0. The van der Waals surface area contributed by atoms with Gasteiger partial charge in [-0.3, -0.25) is 0 Å². The molecule has 1 aromatic rings. The van der Waals surface area contributed by atoms with Crippen LogP contribution in [0.5, 0.6) is 0 Å². The third-order valence-electron chi connectivity index (χ3n) is 4.21. The normalized spacial score (nSPS) is 22.3. The van der Waals surface area contributed by atoms with Gasteiger partial charge in [0.05, 0.1) is 5.60 Å². The van der Waals surface area contributed by atoms with E-state index in [1.807, 2.05) is 0 Å². The maximum atomic E-state index is 12.4. The van der Waals surface area contributed by atoms with Crippen LogP contribution in [0.2, 0.25) is 0 Å². The topological polar surface area (TPSA) is 81.4 Å². The van der Waals surface area contributed by atoms with Crippen LogP contribution in [0.1, 0.15) is 44.4 Å². The summed E-state index contributed by atoms with van der Waals surface area (Å²) in [5.41, 5.74) is 5.35. The summed E-state index contributed by atoms with van der Waals surface area (Å²) in [5, 5.41) is 0. The molecule has 1 fully saturated rings. The van der Waals surface area contributed by atoms with Gasteiger partial charge in [0.25, 0.3) is 0 Å². The predicted molar refractivity (Wildman–Crippen MR) is 84.8 cm³/mol. The third kappa shape index (κ3) is 3.84. The maximum absolute atomic E-state index is 12.4. The Kier molecular flexibility index (Phi) is 5.43. The van der Waals surface area contributed by atoms with Gasteiger partial charge < -0.3 is 10.5 Å². The van der Waals surface area contributed by atoms with Crippen molar-refractivity contribution in [2.75, 3.05) is 6.61 Å². The van der Waals surface area contributed by atoms with E-state index in [-0.39, 0.29) is 11.6 Å². The highest BCUT2D eigenvalue weighted by atomic mass is 32.2. The Labute approximate surface area is 130 Å². The molecule has 0 spiro atoms. The predicted octanol–water partition coefficient (Wildman–Crippen LogP) is 2.22. The third-order valence-corrected chi connectivity index (χ3v) is 7.33. The largest absolute Gasteiger partial charge is 0.375 e. The molecule has 0 amide bonds. The van der Waals surface area contributed by atoms with Crippen molar-refractivity contribution >= 4 is 21.4 Å². The Balaban J connectivity index is 2.09. The summed E-state index contributed by atoms with van der Waals surface area (Å²) >= 11 is 1.23. The van der Waals surface area contributed by atoms with Crippen molar-refractivity contribution in [2.45, 2.75) is 61.9 Å². The molecule has 0 bridgehead atoms. The molecule has 2 rings (SSSR count). The average Bonchev–Trinajstić information content (AvgIpc) is 2.97. The average molecular weight is 332 g/mol. The van der Waals surface area contributed by atoms with Crippen LogP contribution in [-0.4, -0.2) is 26.7 Å². The Morgan fingerprint density at radius 1 is 1.43 bits per heavy atom. The summed E-state index contributed by atoms with van der Waals surface area (Å²) in [7, 11) is -3.46. The fraction of sp³-hybridized carbons (Fsp3) is 0.714. The molecule has 3 N–H and O–H groups in total. The van der Waals surface area contributed by atoms with Crippen molar-refractivity contribution < 1.29 is 13.2 Å². The van der Waals surface area contributed by atoms with E-state index in [4.69, 9.17) is 10.5 Å². The first-order valence-electron chi connectivity index (χ1n) is 7.40. The van der Waals surface area contributed by atoms with Gasteiger partial charge >= 0.3 is 0 Å². The lowest BCUT2D eigenvalue weighted by Gasteiger charge is -2.40. The molecule has 1 aromatic heterocycles. The molecular formula is C14H24N2O3S2. The quantitative estimate of drug-likeness (QED) is 0.837. The zero-order valence-electron chi connectivity index (χ0n) is 12.6. The Hall–Kier alpha value is -0.470. The number of thiophene rings is 1. The van der Waals surface area contributed by atoms with Gasteiger partial charge in [-0.15, -0.1) is 11.3 Å². The first-order chi connectivity index (χ1) is 9.94. The lowest BCUT2D eigenvalue weighted by atomic mass is 9.86. The number of hydrogen-bond donors (Lipinski definition) is 2. The van der Waals surface area contributed by atoms with E-state index in [2.05, 4.69) is 18.6 Å². The second-order valence-electron chi connectivity index (χ2n) is 5.47. The van der Waals surface area contributed by atoms with Crippen LogP contribution in [0.4, 0.5) is 0 Å². The van der Waals surface area contributed by atoms with E-state index in [0.29, 0.717) is 17.4 Å². The monoisotopic (exact) mass is 332 g/mol. The van der Waals surface area contributed by atoms with Crippen molar-refractivity contribution in [3.63, 3.8) is 0 Å². The number of sulfonamides is 1. The van der Waals surface area contributed by atoms with Crippen LogP contribution in [0, 0.1) is 0 Å². The van der Waals surface area contributed by atoms with Crippen LogP contribution in [-0.2, 0) is 21.3 Å². The number of hydrogen-bond acceptors (Lipinski definition) is 5. The molecule has 1 saturated heterocycles. The fourth-order valence-corrected chi connectivity index (χ4v) is 5.28. The van der Waals surface area contributed by atoms with Crippen LogP contribution >= 0.6 is 11.3 Å². The summed E-state index contributed by atoms with van der Waals surface area (Å²) < 4.78 is 33.9. The summed E-state index contributed by atoms with van der Waals surface area (Å²) in [6, 6.07) is 3.33. The van der Waals surface area contributed by atoms with E-state index in [9.17, 15) is 8.42 Å². The van der Waals surface area contributed by atoms with Gasteiger partial charge in [-0.2, -0.15) is 0 Å². The smallest absolute Gasteiger partial charge is 0.250 e. The van der Waals surface area contributed by atoms with Crippen molar-refractivity contribution in [3.05, 3.63) is 17.0 Å². The van der Waals surface area contributed by atoms with Gasteiger partial charge in [0.2, 0.25) is 10.0 Å². The van der Waals surface area contributed by atoms with E-state index in [1.54, 1.807) is 12.1 Å². The molecule has 0 saturated carbocycles. The van der Waals surface area contributed by atoms with Crippen molar-refractivity contribution in [1.29, 1.82) is 0 Å². The van der Waals surface area contributed by atoms with Crippen molar-refractivity contribution in [2.24, 2.45) is 5.73 Å². The van der Waals surface area contributed by atoms with Gasteiger partial charge in [0, 0.05) is 24.1 Å². The molecule has 2 heterocycles. The number of ether oxygens (including phenoxy) is 1. The second kappa shape index (κ2) is 6.75. The van der Waals surface area contributed by atoms with Gasteiger partial charge in [-0.25, -0.2) is 13.1 Å². The Morgan fingerprint density at radius 2 is 2.14 bits per heavy atom. The zero-order chi connectivity index (χ0) is 15.5. The van der Waals surface area contributed by atoms with Gasteiger partial charge in [0.15, 0.2) is 0 Å². The lowest BCUT2D eigenvalue weighted by Crippen LogP contribution is -2.47. The van der Waals surface area contributed by atoms with Gasteiger partial charge in [-0.05, 0) is 37.8 Å². The molecule has 0 radical (unpaired) electrons. The Bertz CT molecular complexity index is 565. The lowest BCUT2D eigenvalue weighted by molar-refractivity contribution is -0.0905. The Morgan fingerprint density at radius 3 is 2.71 bits per heavy atom. The first-order valence-corrected chi connectivity index (χ1v) is 9.69. The van der Waals surface area contributed by atoms with Crippen LogP contribution < -0.4 is 10.5 Å². The molecule has 1 aliphatic heterocycles. The standard InChI is InChI=1S/C14H24N2O3S2/c1-3-14(4-2)9-11(7-8-19-14)16-21(17,18)13-6-5-12(10-15)20-13/h5-6,11,16H,3-4,7-10,15H2,1-2H3.